The van der Waals surface area contributed by atoms with Crippen LogP contribution in [0.4, 0.5) is 14.5 Å². The van der Waals surface area contributed by atoms with Gasteiger partial charge in [-0.1, -0.05) is 19.3 Å². The third kappa shape index (κ3) is 2.99. The van der Waals surface area contributed by atoms with Crippen molar-refractivity contribution >= 4 is 5.69 Å². The number of anilines is 1. The van der Waals surface area contributed by atoms with E-state index in [2.05, 4.69) is 5.32 Å². The summed E-state index contributed by atoms with van der Waals surface area (Å²) in [5, 5.41) is 13.1. The third-order valence-corrected chi connectivity index (χ3v) is 3.64. The first-order valence-electron chi connectivity index (χ1n) is 6.42. The lowest BCUT2D eigenvalue weighted by Crippen LogP contribution is -2.38. The molecule has 1 saturated carbocycles. The van der Waals surface area contributed by atoms with E-state index >= 15 is 0 Å². The number of aliphatic hydroxyl groups is 1. The molecule has 1 aromatic carbocycles. The van der Waals surface area contributed by atoms with E-state index in [4.69, 9.17) is 0 Å². The third-order valence-electron chi connectivity index (χ3n) is 3.64. The minimum Gasteiger partial charge on any atom is -0.388 e. The van der Waals surface area contributed by atoms with E-state index in [0.717, 1.165) is 38.2 Å². The number of hydrogen-bond donors (Lipinski definition) is 2. The summed E-state index contributed by atoms with van der Waals surface area (Å²) in [6.45, 7) is 1.79. The summed E-state index contributed by atoms with van der Waals surface area (Å²) in [6, 6.07) is 2.32. The molecule has 0 bridgehead atoms. The number of rotatable bonds is 3. The monoisotopic (exact) mass is 255 g/mol. The zero-order chi connectivity index (χ0) is 13.2. The Hall–Kier alpha value is -1.16. The van der Waals surface area contributed by atoms with Crippen molar-refractivity contribution in [2.45, 2.75) is 44.6 Å². The zero-order valence-electron chi connectivity index (χ0n) is 10.6. The van der Waals surface area contributed by atoms with Crippen LogP contribution >= 0.6 is 0 Å². The summed E-state index contributed by atoms with van der Waals surface area (Å²) >= 11 is 0. The Bertz CT molecular complexity index is 428. The van der Waals surface area contributed by atoms with Crippen molar-refractivity contribution in [1.82, 2.24) is 0 Å². The fourth-order valence-corrected chi connectivity index (χ4v) is 2.43. The molecule has 2 nitrogen and oxygen atoms in total. The highest BCUT2D eigenvalue weighted by Crippen LogP contribution is 2.29. The fourth-order valence-electron chi connectivity index (χ4n) is 2.43. The average Bonchev–Trinajstić information content (AvgIpc) is 2.33. The fraction of sp³-hybridized carbons (Fsp3) is 0.571. The molecular weight excluding hydrogens is 236 g/mol. The van der Waals surface area contributed by atoms with Gasteiger partial charge in [0.05, 0.1) is 11.3 Å². The van der Waals surface area contributed by atoms with E-state index in [1.807, 2.05) is 0 Å². The Morgan fingerprint density at radius 1 is 1.17 bits per heavy atom. The van der Waals surface area contributed by atoms with Gasteiger partial charge < -0.3 is 10.4 Å². The minimum atomic E-state index is -0.786. The maximum Gasteiger partial charge on any atom is 0.146 e. The highest BCUT2D eigenvalue weighted by Gasteiger charge is 2.29. The standard InChI is InChI=1S/C14H19F2NO/c1-10-7-12(16)13(8-11(10)15)17-9-14(18)5-3-2-4-6-14/h7-8,17-18H,2-6,9H2,1H3. The van der Waals surface area contributed by atoms with Crippen LogP contribution < -0.4 is 5.32 Å². The van der Waals surface area contributed by atoms with Gasteiger partial charge in [0.15, 0.2) is 0 Å². The molecule has 1 aromatic rings. The van der Waals surface area contributed by atoms with Crippen LogP contribution in [0.3, 0.4) is 0 Å². The van der Waals surface area contributed by atoms with Crippen LogP contribution in [0.2, 0.25) is 0 Å². The molecule has 0 saturated heterocycles. The Morgan fingerprint density at radius 3 is 2.50 bits per heavy atom. The van der Waals surface area contributed by atoms with Crippen molar-refractivity contribution in [3.05, 3.63) is 29.3 Å². The summed E-state index contributed by atoms with van der Waals surface area (Å²) in [7, 11) is 0. The Labute approximate surface area is 106 Å². The van der Waals surface area contributed by atoms with Crippen LogP contribution in [-0.4, -0.2) is 17.3 Å². The van der Waals surface area contributed by atoms with Gasteiger partial charge in [-0.3, -0.25) is 0 Å². The van der Waals surface area contributed by atoms with Gasteiger partial charge in [0.1, 0.15) is 11.6 Å². The molecule has 0 aliphatic heterocycles. The van der Waals surface area contributed by atoms with Gasteiger partial charge in [-0.2, -0.15) is 0 Å². The molecule has 0 spiro atoms. The molecule has 4 heteroatoms. The molecule has 0 atom stereocenters. The van der Waals surface area contributed by atoms with E-state index in [-0.39, 0.29) is 17.8 Å². The molecule has 0 heterocycles. The van der Waals surface area contributed by atoms with Crippen LogP contribution in [0.15, 0.2) is 12.1 Å². The number of halogens is 2. The number of benzene rings is 1. The largest absolute Gasteiger partial charge is 0.388 e. The van der Waals surface area contributed by atoms with Crippen LogP contribution in [-0.2, 0) is 0 Å². The summed E-state index contributed by atoms with van der Waals surface area (Å²) in [5.74, 6) is -0.914. The molecule has 18 heavy (non-hydrogen) atoms. The normalized spacial score (nSPS) is 18.7. The number of hydrogen-bond acceptors (Lipinski definition) is 2. The van der Waals surface area contributed by atoms with Gasteiger partial charge >= 0.3 is 0 Å². The van der Waals surface area contributed by atoms with Crippen molar-refractivity contribution in [3.8, 4) is 0 Å². The lowest BCUT2D eigenvalue weighted by Gasteiger charge is -2.32. The van der Waals surface area contributed by atoms with Gasteiger partial charge in [-0.25, -0.2) is 8.78 Å². The second-order valence-electron chi connectivity index (χ2n) is 5.22. The number of aryl methyl sites for hydroxylation is 1. The molecule has 1 aliphatic rings. The summed E-state index contributed by atoms with van der Waals surface area (Å²) in [4.78, 5) is 0. The van der Waals surface area contributed by atoms with E-state index in [1.165, 1.54) is 13.0 Å². The minimum absolute atomic E-state index is 0.122. The molecule has 2 rings (SSSR count). The van der Waals surface area contributed by atoms with E-state index < -0.39 is 17.2 Å². The molecule has 100 valence electrons. The first-order chi connectivity index (χ1) is 8.50. The van der Waals surface area contributed by atoms with Gasteiger partial charge in [0.25, 0.3) is 0 Å². The molecule has 0 aromatic heterocycles. The van der Waals surface area contributed by atoms with Crippen LogP contribution in [0, 0.1) is 18.6 Å². The number of nitrogens with one attached hydrogen (secondary N) is 1. The van der Waals surface area contributed by atoms with Crippen molar-refractivity contribution in [1.29, 1.82) is 0 Å². The second-order valence-corrected chi connectivity index (χ2v) is 5.22. The summed E-state index contributed by atoms with van der Waals surface area (Å²) in [6.07, 6.45) is 4.55. The molecule has 1 fully saturated rings. The van der Waals surface area contributed by atoms with E-state index in [1.54, 1.807) is 0 Å². The second kappa shape index (κ2) is 5.22. The van der Waals surface area contributed by atoms with Crippen molar-refractivity contribution < 1.29 is 13.9 Å². The topological polar surface area (TPSA) is 32.3 Å². The molecular formula is C14H19F2NO. The molecule has 0 amide bonds. The predicted molar refractivity (Wildman–Crippen MR) is 67.6 cm³/mol. The predicted octanol–water partition coefficient (Wildman–Crippen LogP) is 3.38. The van der Waals surface area contributed by atoms with Crippen LogP contribution in [0.25, 0.3) is 0 Å². The van der Waals surface area contributed by atoms with Gasteiger partial charge in [-0.15, -0.1) is 0 Å². The van der Waals surface area contributed by atoms with Crippen LogP contribution in [0.1, 0.15) is 37.7 Å². The average molecular weight is 255 g/mol. The zero-order valence-corrected chi connectivity index (χ0v) is 10.6. The molecule has 1 aliphatic carbocycles. The Kier molecular flexibility index (Phi) is 3.85. The SMILES string of the molecule is Cc1cc(F)c(NCC2(O)CCCCC2)cc1F. The summed E-state index contributed by atoms with van der Waals surface area (Å²) in [5.41, 5.74) is -0.377. The molecule has 0 unspecified atom stereocenters. The molecule has 0 radical (unpaired) electrons. The highest BCUT2D eigenvalue weighted by atomic mass is 19.1. The maximum absolute atomic E-state index is 13.6. The van der Waals surface area contributed by atoms with Crippen LogP contribution in [0.5, 0.6) is 0 Å². The van der Waals surface area contributed by atoms with E-state index in [9.17, 15) is 13.9 Å². The lowest BCUT2D eigenvalue weighted by molar-refractivity contribution is 0.0167. The molecule has 2 N–H and O–H groups in total. The van der Waals surface area contributed by atoms with Crippen molar-refractivity contribution in [2.24, 2.45) is 0 Å². The maximum atomic E-state index is 13.6. The van der Waals surface area contributed by atoms with Gasteiger partial charge in [-0.05, 0) is 31.4 Å². The highest BCUT2D eigenvalue weighted by molar-refractivity contribution is 5.47. The lowest BCUT2D eigenvalue weighted by atomic mass is 9.85. The van der Waals surface area contributed by atoms with Gasteiger partial charge in [0.2, 0.25) is 0 Å². The smallest absolute Gasteiger partial charge is 0.146 e. The van der Waals surface area contributed by atoms with Gasteiger partial charge in [0, 0.05) is 12.6 Å². The quantitative estimate of drug-likeness (QED) is 0.867. The van der Waals surface area contributed by atoms with E-state index in [0.29, 0.717) is 0 Å². The van der Waals surface area contributed by atoms with Crippen molar-refractivity contribution in [3.63, 3.8) is 0 Å². The first kappa shape index (κ1) is 13.3. The first-order valence-corrected chi connectivity index (χ1v) is 6.42. The Morgan fingerprint density at radius 2 is 1.83 bits per heavy atom. The Balaban J connectivity index is 2.03. The summed E-state index contributed by atoms with van der Waals surface area (Å²) < 4.78 is 26.9. The van der Waals surface area contributed by atoms with Crippen molar-refractivity contribution in [2.75, 3.05) is 11.9 Å².